The van der Waals surface area contributed by atoms with E-state index in [0.717, 1.165) is 117 Å². The van der Waals surface area contributed by atoms with Gasteiger partial charge in [0.15, 0.2) is 0 Å². The number of rotatable bonds is 15. The van der Waals surface area contributed by atoms with Gasteiger partial charge in [0.1, 0.15) is 11.5 Å². The number of unbranched alkanes of at least 4 members (excludes halogenated alkanes) is 8. The third-order valence-electron chi connectivity index (χ3n) is 9.82. The van der Waals surface area contributed by atoms with Crippen molar-refractivity contribution in [2.45, 2.75) is 91.9 Å². The van der Waals surface area contributed by atoms with E-state index in [1.54, 1.807) is 0 Å². The first-order valence-electron chi connectivity index (χ1n) is 19.0. The monoisotopic (exact) mass is 698 g/mol. The van der Waals surface area contributed by atoms with Crippen LogP contribution in [0.1, 0.15) is 89.2 Å². The molecule has 0 aliphatic rings. The standard InChI is InChI=1S/C46H50O6/c1-5-7-9-11-17-27-49-45(47)51-43-37-21-15-13-19-33(37)41(35-25-23-31(3)29-39(35)43)42-34-20-14-16-22-38(34)44(40-30-32(4)24-26-36(40)42)52-46(48)50-28-18-12-10-8-6-2/h13-16,19-26,29-30H,5-12,17-18,27-28H2,1-4H3. The molecule has 6 aromatic carbocycles. The summed E-state index contributed by atoms with van der Waals surface area (Å²) in [6.45, 7) is 9.09. The number of benzene rings is 6. The number of fused-ring (bicyclic) bond motifs is 4. The first-order valence-corrected chi connectivity index (χ1v) is 19.0. The minimum atomic E-state index is -0.697. The van der Waals surface area contributed by atoms with Crippen molar-refractivity contribution in [3.8, 4) is 22.6 Å². The van der Waals surface area contributed by atoms with E-state index in [0.29, 0.717) is 24.7 Å². The molecule has 0 amide bonds. The zero-order chi connectivity index (χ0) is 36.5. The lowest BCUT2D eigenvalue weighted by atomic mass is 9.85. The Bertz CT molecular complexity index is 2040. The quantitative estimate of drug-likeness (QED) is 0.0460. The van der Waals surface area contributed by atoms with Crippen LogP contribution in [0.5, 0.6) is 11.5 Å². The summed E-state index contributed by atoms with van der Waals surface area (Å²) in [6, 6.07) is 28.6. The average Bonchev–Trinajstić information content (AvgIpc) is 3.15. The van der Waals surface area contributed by atoms with E-state index >= 15 is 0 Å². The van der Waals surface area contributed by atoms with Crippen molar-refractivity contribution >= 4 is 55.4 Å². The molecule has 0 bridgehead atoms. The Labute approximate surface area is 307 Å². The number of hydrogen-bond acceptors (Lipinski definition) is 6. The molecule has 6 aromatic rings. The van der Waals surface area contributed by atoms with Gasteiger partial charge >= 0.3 is 12.3 Å². The van der Waals surface area contributed by atoms with Crippen LogP contribution < -0.4 is 9.47 Å². The van der Waals surface area contributed by atoms with Crippen LogP contribution in [0, 0.1) is 13.8 Å². The van der Waals surface area contributed by atoms with Gasteiger partial charge in [-0.05, 0) is 71.5 Å². The summed E-state index contributed by atoms with van der Waals surface area (Å²) in [6.07, 6.45) is 9.21. The molecule has 0 aromatic heterocycles. The molecular formula is C46H50O6. The molecular weight excluding hydrogens is 648 g/mol. The van der Waals surface area contributed by atoms with Gasteiger partial charge in [-0.1, -0.05) is 149 Å². The van der Waals surface area contributed by atoms with Gasteiger partial charge < -0.3 is 18.9 Å². The van der Waals surface area contributed by atoms with Gasteiger partial charge in [-0.15, -0.1) is 0 Å². The van der Waals surface area contributed by atoms with E-state index in [1.807, 2.05) is 50.2 Å². The lowest BCUT2D eigenvalue weighted by Crippen LogP contribution is -2.12. The minimum Gasteiger partial charge on any atom is -0.434 e. The summed E-state index contributed by atoms with van der Waals surface area (Å²) < 4.78 is 23.3. The number of aryl methyl sites for hydroxylation is 2. The molecule has 0 atom stereocenters. The normalized spacial score (nSPS) is 11.4. The molecule has 0 unspecified atom stereocenters. The van der Waals surface area contributed by atoms with Gasteiger partial charge in [0.2, 0.25) is 0 Å². The Balaban J connectivity index is 1.48. The van der Waals surface area contributed by atoms with Gasteiger partial charge in [0.25, 0.3) is 0 Å². The summed E-state index contributed by atoms with van der Waals surface area (Å²) in [7, 11) is 0. The SMILES string of the molecule is CCCCCCCOC(=O)Oc1c2ccccc2c(-c2c3ccccc3c(OC(=O)OCCCCCCC)c3cc(C)ccc23)c2ccc(C)cc12. The molecule has 0 aliphatic heterocycles. The van der Waals surface area contributed by atoms with Crippen molar-refractivity contribution in [2.24, 2.45) is 0 Å². The van der Waals surface area contributed by atoms with Crippen molar-refractivity contribution in [3.63, 3.8) is 0 Å². The fourth-order valence-electron chi connectivity index (χ4n) is 7.21. The van der Waals surface area contributed by atoms with Crippen molar-refractivity contribution < 1.29 is 28.5 Å². The predicted octanol–water partition coefficient (Wildman–Crippen LogP) is 13.6. The highest BCUT2D eigenvalue weighted by Gasteiger charge is 2.24. The molecule has 0 fully saturated rings. The van der Waals surface area contributed by atoms with Gasteiger partial charge in [-0.25, -0.2) is 9.59 Å². The number of ether oxygens (including phenoxy) is 4. The lowest BCUT2D eigenvalue weighted by Gasteiger charge is -2.21. The largest absolute Gasteiger partial charge is 0.513 e. The maximum atomic E-state index is 13.2. The van der Waals surface area contributed by atoms with Gasteiger partial charge in [0, 0.05) is 21.5 Å². The molecule has 0 spiro atoms. The highest BCUT2D eigenvalue weighted by molar-refractivity contribution is 6.27. The van der Waals surface area contributed by atoms with Crippen LogP contribution in [0.4, 0.5) is 9.59 Å². The second kappa shape index (κ2) is 17.4. The Morgan fingerprint density at radius 3 is 1.21 bits per heavy atom. The molecule has 6 rings (SSSR count). The van der Waals surface area contributed by atoms with E-state index in [4.69, 9.17) is 18.9 Å². The van der Waals surface area contributed by atoms with Crippen LogP contribution in [-0.2, 0) is 9.47 Å². The van der Waals surface area contributed by atoms with E-state index in [9.17, 15) is 9.59 Å². The van der Waals surface area contributed by atoms with Crippen LogP contribution in [-0.4, -0.2) is 25.5 Å². The third-order valence-corrected chi connectivity index (χ3v) is 9.82. The van der Waals surface area contributed by atoms with E-state index in [-0.39, 0.29) is 0 Å². The topological polar surface area (TPSA) is 71.1 Å². The second-order valence-electron chi connectivity index (χ2n) is 13.8. The maximum Gasteiger partial charge on any atom is 0.513 e. The van der Waals surface area contributed by atoms with Gasteiger partial charge in [0.05, 0.1) is 13.2 Å². The summed E-state index contributed by atoms with van der Waals surface area (Å²) in [5.74, 6) is 0.965. The Hall–Kier alpha value is -5.10. The molecule has 0 N–H and O–H groups in total. The van der Waals surface area contributed by atoms with Gasteiger partial charge in [-0.3, -0.25) is 0 Å². The summed E-state index contributed by atoms with van der Waals surface area (Å²) in [5.41, 5.74) is 4.10. The predicted molar refractivity (Wildman–Crippen MR) is 213 cm³/mol. The number of carbonyl (C=O) groups is 2. The molecule has 0 saturated heterocycles. The number of carbonyl (C=O) groups excluding carboxylic acids is 2. The van der Waals surface area contributed by atoms with Crippen molar-refractivity contribution in [2.75, 3.05) is 13.2 Å². The van der Waals surface area contributed by atoms with Crippen molar-refractivity contribution in [1.29, 1.82) is 0 Å². The van der Waals surface area contributed by atoms with Crippen molar-refractivity contribution in [1.82, 2.24) is 0 Å². The highest BCUT2D eigenvalue weighted by Crippen LogP contribution is 2.50. The third kappa shape index (κ3) is 8.17. The summed E-state index contributed by atoms with van der Waals surface area (Å²) in [5, 5.41) is 7.01. The zero-order valence-corrected chi connectivity index (χ0v) is 31.0. The second-order valence-corrected chi connectivity index (χ2v) is 13.8. The summed E-state index contributed by atoms with van der Waals surface area (Å²) >= 11 is 0. The highest BCUT2D eigenvalue weighted by atomic mass is 16.7. The average molecular weight is 699 g/mol. The zero-order valence-electron chi connectivity index (χ0n) is 31.0. The van der Waals surface area contributed by atoms with Crippen LogP contribution in [0.3, 0.4) is 0 Å². The minimum absolute atomic E-state index is 0.327. The van der Waals surface area contributed by atoms with E-state index in [2.05, 4.69) is 62.4 Å². The first-order chi connectivity index (χ1) is 25.4. The molecule has 0 radical (unpaired) electrons. The molecule has 6 heteroatoms. The maximum absolute atomic E-state index is 13.2. The molecule has 0 saturated carbocycles. The Morgan fingerprint density at radius 1 is 0.442 bits per heavy atom. The Kier molecular flexibility index (Phi) is 12.3. The van der Waals surface area contributed by atoms with Crippen LogP contribution in [0.25, 0.3) is 54.2 Å². The van der Waals surface area contributed by atoms with Gasteiger partial charge in [-0.2, -0.15) is 0 Å². The molecule has 270 valence electrons. The molecule has 52 heavy (non-hydrogen) atoms. The lowest BCUT2D eigenvalue weighted by molar-refractivity contribution is 0.0972. The first kappa shape index (κ1) is 36.7. The molecule has 6 nitrogen and oxygen atoms in total. The number of hydrogen-bond donors (Lipinski definition) is 0. The fourth-order valence-corrected chi connectivity index (χ4v) is 7.21. The smallest absolute Gasteiger partial charge is 0.434 e. The van der Waals surface area contributed by atoms with Crippen LogP contribution in [0.2, 0.25) is 0 Å². The van der Waals surface area contributed by atoms with E-state index < -0.39 is 12.3 Å². The van der Waals surface area contributed by atoms with Crippen molar-refractivity contribution in [3.05, 3.63) is 96.1 Å². The Morgan fingerprint density at radius 2 is 0.808 bits per heavy atom. The fraction of sp³-hybridized carbons (Fsp3) is 0.348. The van der Waals surface area contributed by atoms with Crippen LogP contribution in [0.15, 0.2) is 84.9 Å². The van der Waals surface area contributed by atoms with Crippen LogP contribution >= 0.6 is 0 Å². The van der Waals surface area contributed by atoms with E-state index in [1.165, 1.54) is 12.8 Å². The molecule has 0 aliphatic carbocycles. The summed E-state index contributed by atoms with van der Waals surface area (Å²) in [4.78, 5) is 26.3. The molecule has 0 heterocycles.